The first-order valence-electron chi connectivity index (χ1n) is 11.4. The van der Waals surface area contributed by atoms with E-state index in [9.17, 15) is 14.7 Å². The number of aryl methyl sites for hydroxylation is 1. The number of anilines is 1. The molecule has 3 aromatic rings. The fraction of sp³-hybridized carbons (Fsp3) is 0.478. The third-order valence-corrected chi connectivity index (χ3v) is 6.45. The Balaban J connectivity index is 1.67. The summed E-state index contributed by atoms with van der Waals surface area (Å²) in [5.41, 5.74) is 9.32. The quantitative estimate of drug-likeness (QED) is 0.499. The van der Waals surface area contributed by atoms with Gasteiger partial charge in [0, 0.05) is 49.2 Å². The van der Waals surface area contributed by atoms with Gasteiger partial charge < -0.3 is 21.1 Å². The molecular formula is C23H31N7O3. The summed E-state index contributed by atoms with van der Waals surface area (Å²) in [7, 11) is 0. The van der Waals surface area contributed by atoms with Crippen LogP contribution >= 0.6 is 0 Å². The molecule has 0 radical (unpaired) electrons. The zero-order valence-corrected chi connectivity index (χ0v) is 19.2. The molecule has 10 nitrogen and oxygen atoms in total. The average molecular weight is 454 g/mol. The highest BCUT2D eigenvalue weighted by Crippen LogP contribution is 2.31. The van der Waals surface area contributed by atoms with Gasteiger partial charge in [0.25, 0.3) is 11.8 Å². The number of carbonyl (C=O) groups excluding carboxylic acids is 2. The van der Waals surface area contributed by atoms with Gasteiger partial charge in [0.2, 0.25) is 0 Å². The SMILES string of the molecule is CC[C@@H]1CN(C(=O)C(C)O)CC[C@H]1Nc1c(C(N)=O)cnn2cc(-c3cnn(CC)c3)cc12. The van der Waals surface area contributed by atoms with Crippen molar-refractivity contribution in [1.82, 2.24) is 24.3 Å². The first-order valence-corrected chi connectivity index (χ1v) is 11.4. The third-order valence-electron chi connectivity index (χ3n) is 6.45. The number of rotatable bonds is 7. The van der Waals surface area contributed by atoms with Crippen LogP contribution in [0.25, 0.3) is 16.6 Å². The number of amides is 2. The summed E-state index contributed by atoms with van der Waals surface area (Å²) in [6.07, 6.45) is 7.70. The van der Waals surface area contributed by atoms with Crippen LogP contribution < -0.4 is 11.1 Å². The summed E-state index contributed by atoms with van der Waals surface area (Å²) in [6, 6.07) is 2.02. The zero-order chi connectivity index (χ0) is 23.7. The van der Waals surface area contributed by atoms with Crippen molar-refractivity contribution in [3.8, 4) is 11.1 Å². The van der Waals surface area contributed by atoms with Crippen molar-refractivity contribution in [1.29, 1.82) is 0 Å². The minimum atomic E-state index is -1.01. The molecule has 33 heavy (non-hydrogen) atoms. The van der Waals surface area contributed by atoms with Crippen molar-refractivity contribution >= 4 is 23.0 Å². The number of fused-ring (bicyclic) bond motifs is 1. The van der Waals surface area contributed by atoms with Crippen LogP contribution in [0.4, 0.5) is 5.69 Å². The van der Waals surface area contributed by atoms with Crippen LogP contribution in [0.15, 0.2) is 30.9 Å². The van der Waals surface area contributed by atoms with E-state index in [1.807, 2.05) is 36.3 Å². The number of aromatic nitrogens is 4. The summed E-state index contributed by atoms with van der Waals surface area (Å²) in [5, 5.41) is 22.0. The number of aliphatic hydroxyl groups excluding tert-OH is 1. The van der Waals surface area contributed by atoms with Crippen molar-refractivity contribution < 1.29 is 14.7 Å². The monoisotopic (exact) mass is 453 g/mol. The van der Waals surface area contributed by atoms with Crippen LogP contribution in [0.3, 0.4) is 0 Å². The van der Waals surface area contributed by atoms with E-state index in [-0.39, 0.29) is 17.9 Å². The second-order valence-corrected chi connectivity index (χ2v) is 8.61. The lowest BCUT2D eigenvalue weighted by atomic mass is 9.89. The maximum atomic E-state index is 12.3. The van der Waals surface area contributed by atoms with E-state index in [1.165, 1.54) is 13.1 Å². The minimum absolute atomic E-state index is 0.0403. The Morgan fingerprint density at radius 2 is 2.03 bits per heavy atom. The molecule has 4 N–H and O–H groups in total. The Morgan fingerprint density at radius 3 is 2.67 bits per heavy atom. The molecule has 4 heterocycles. The van der Waals surface area contributed by atoms with Gasteiger partial charge in [-0.2, -0.15) is 10.2 Å². The fourth-order valence-corrected chi connectivity index (χ4v) is 4.52. The smallest absolute Gasteiger partial charge is 0.252 e. The van der Waals surface area contributed by atoms with E-state index in [1.54, 1.807) is 9.42 Å². The predicted molar refractivity (Wildman–Crippen MR) is 125 cm³/mol. The molecule has 4 rings (SSSR count). The van der Waals surface area contributed by atoms with E-state index < -0.39 is 12.0 Å². The first-order chi connectivity index (χ1) is 15.8. The van der Waals surface area contributed by atoms with Crippen LogP contribution in [-0.2, 0) is 11.3 Å². The van der Waals surface area contributed by atoms with Crippen molar-refractivity contribution in [3.63, 3.8) is 0 Å². The molecule has 1 aliphatic rings. The molecule has 2 amide bonds. The lowest BCUT2D eigenvalue weighted by Crippen LogP contribution is -2.50. The van der Waals surface area contributed by atoms with Crippen LogP contribution in [0, 0.1) is 5.92 Å². The van der Waals surface area contributed by atoms with Crippen LogP contribution in [0.5, 0.6) is 0 Å². The summed E-state index contributed by atoms with van der Waals surface area (Å²) in [5.74, 6) is -0.642. The number of nitrogens with two attached hydrogens (primary N) is 1. The second kappa shape index (κ2) is 9.22. The number of hydrogen-bond acceptors (Lipinski definition) is 6. The second-order valence-electron chi connectivity index (χ2n) is 8.61. The predicted octanol–water partition coefficient (Wildman–Crippen LogP) is 1.74. The van der Waals surface area contributed by atoms with E-state index in [2.05, 4.69) is 22.4 Å². The Labute approximate surface area is 192 Å². The van der Waals surface area contributed by atoms with Gasteiger partial charge in [0.05, 0.1) is 29.2 Å². The number of primary amides is 1. The lowest BCUT2D eigenvalue weighted by Gasteiger charge is -2.39. The highest BCUT2D eigenvalue weighted by molar-refractivity contribution is 6.02. The highest BCUT2D eigenvalue weighted by atomic mass is 16.3. The maximum Gasteiger partial charge on any atom is 0.252 e. The van der Waals surface area contributed by atoms with Crippen molar-refractivity contribution in [2.24, 2.45) is 11.7 Å². The molecule has 1 unspecified atom stereocenters. The summed E-state index contributed by atoms with van der Waals surface area (Å²) in [4.78, 5) is 26.2. The molecule has 0 aromatic carbocycles. The van der Waals surface area contributed by atoms with E-state index in [0.717, 1.165) is 29.6 Å². The van der Waals surface area contributed by atoms with Gasteiger partial charge in [0.15, 0.2) is 0 Å². The average Bonchev–Trinajstić information content (AvgIpc) is 3.45. The number of nitrogens with zero attached hydrogens (tertiary/aromatic N) is 5. The molecule has 10 heteroatoms. The molecule has 0 saturated carbocycles. The third kappa shape index (κ3) is 4.43. The largest absolute Gasteiger partial charge is 0.384 e. The summed E-state index contributed by atoms with van der Waals surface area (Å²) >= 11 is 0. The first kappa shape index (κ1) is 22.8. The lowest BCUT2D eigenvalue weighted by molar-refractivity contribution is -0.141. The standard InChI is InChI=1S/C23H31N7O3/c1-4-15-11-28(23(33)14(3)31)7-6-19(15)27-21-18(22(24)32)10-26-30-13-16(8-20(21)30)17-9-25-29(5-2)12-17/h8-10,12-15,19,27,31H,4-7,11H2,1-3H3,(H2,24,32)/t14?,15-,19-/m1/s1. The van der Waals surface area contributed by atoms with Gasteiger partial charge in [-0.3, -0.25) is 14.3 Å². The van der Waals surface area contributed by atoms with Crippen molar-refractivity contribution in [2.45, 2.75) is 52.3 Å². The van der Waals surface area contributed by atoms with Crippen molar-refractivity contribution in [2.75, 3.05) is 18.4 Å². The fourth-order valence-electron chi connectivity index (χ4n) is 4.52. The maximum absolute atomic E-state index is 12.3. The molecule has 1 aliphatic heterocycles. The molecule has 176 valence electrons. The van der Waals surface area contributed by atoms with Crippen molar-refractivity contribution in [3.05, 3.63) is 36.4 Å². The van der Waals surface area contributed by atoms with E-state index >= 15 is 0 Å². The molecule has 3 aromatic heterocycles. The van der Waals surface area contributed by atoms with E-state index in [0.29, 0.717) is 30.8 Å². The van der Waals surface area contributed by atoms with Crippen LogP contribution in [-0.4, -0.2) is 66.5 Å². The Hall–Kier alpha value is -3.40. The zero-order valence-electron chi connectivity index (χ0n) is 19.2. The Bertz CT molecular complexity index is 1170. The van der Waals surface area contributed by atoms with Gasteiger partial charge in [-0.1, -0.05) is 6.92 Å². The highest BCUT2D eigenvalue weighted by Gasteiger charge is 2.32. The molecule has 3 atom stereocenters. The topological polar surface area (TPSA) is 131 Å². The summed E-state index contributed by atoms with van der Waals surface area (Å²) in [6.45, 7) is 7.46. The van der Waals surface area contributed by atoms with Gasteiger partial charge in [0.1, 0.15) is 6.10 Å². The number of piperidine rings is 1. The van der Waals surface area contributed by atoms with Crippen LogP contribution in [0.1, 0.15) is 44.0 Å². The molecule has 0 aliphatic carbocycles. The van der Waals surface area contributed by atoms with Gasteiger partial charge >= 0.3 is 0 Å². The van der Waals surface area contributed by atoms with Crippen LogP contribution in [0.2, 0.25) is 0 Å². The summed E-state index contributed by atoms with van der Waals surface area (Å²) < 4.78 is 3.59. The Morgan fingerprint density at radius 1 is 1.24 bits per heavy atom. The van der Waals surface area contributed by atoms with Gasteiger partial charge in [-0.15, -0.1) is 0 Å². The number of nitrogens with one attached hydrogen (secondary N) is 1. The van der Waals surface area contributed by atoms with Gasteiger partial charge in [-0.05, 0) is 38.7 Å². The molecule has 1 fully saturated rings. The number of likely N-dealkylation sites (tertiary alicyclic amines) is 1. The number of aliphatic hydroxyl groups is 1. The molecule has 1 saturated heterocycles. The molecule has 0 spiro atoms. The minimum Gasteiger partial charge on any atom is -0.384 e. The van der Waals surface area contributed by atoms with E-state index in [4.69, 9.17) is 5.73 Å². The normalized spacial score (nSPS) is 19.6. The Kier molecular flexibility index (Phi) is 6.37. The van der Waals surface area contributed by atoms with Gasteiger partial charge in [-0.25, -0.2) is 4.52 Å². The molecular weight excluding hydrogens is 422 g/mol. The number of carbonyl (C=O) groups is 2. The molecule has 0 bridgehead atoms. The number of hydrogen-bond donors (Lipinski definition) is 3.